The topological polar surface area (TPSA) is 115 Å². The number of fused-ring (bicyclic) bond motifs is 1. The highest BCUT2D eigenvalue weighted by Crippen LogP contribution is 2.37. The number of nitrogens with zero attached hydrogens (tertiary/aromatic N) is 5. The van der Waals surface area contributed by atoms with Gasteiger partial charge in [0.05, 0.1) is 18.0 Å². The Morgan fingerprint density at radius 2 is 2.10 bits per heavy atom. The molecule has 0 saturated carbocycles. The van der Waals surface area contributed by atoms with Crippen LogP contribution >= 0.6 is 11.6 Å². The Morgan fingerprint density at radius 1 is 1.32 bits per heavy atom. The molecule has 5 rings (SSSR count). The third-order valence-electron chi connectivity index (χ3n) is 6.36. The SMILES string of the molecule is CNC1=NC=CN/C1=C(\C=N)Oc1cnc2nc(Nc3ccc(CN4CC(F)C4)c(C(F)(F)F)c3)n(C)c2c1Cl. The first-order chi connectivity index (χ1) is 19.1. The summed E-state index contributed by atoms with van der Waals surface area (Å²) in [5.41, 5.74) is 0.404. The number of amidine groups is 1. The number of pyridine rings is 1. The summed E-state index contributed by atoms with van der Waals surface area (Å²) >= 11 is 6.65. The number of nitrogens with one attached hydrogen (secondary N) is 4. The van der Waals surface area contributed by atoms with E-state index in [1.54, 1.807) is 36.0 Å². The van der Waals surface area contributed by atoms with Gasteiger partial charge in [-0.25, -0.2) is 14.4 Å². The average Bonchev–Trinajstić information content (AvgIpc) is 3.23. The van der Waals surface area contributed by atoms with Crippen molar-refractivity contribution in [2.24, 2.45) is 12.0 Å². The van der Waals surface area contributed by atoms with Crippen molar-refractivity contribution in [1.29, 1.82) is 5.41 Å². The van der Waals surface area contributed by atoms with Crippen LogP contribution in [0, 0.1) is 5.41 Å². The van der Waals surface area contributed by atoms with Gasteiger partial charge in [0.25, 0.3) is 0 Å². The van der Waals surface area contributed by atoms with Crippen LogP contribution in [0.1, 0.15) is 11.1 Å². The van der Waals surface area contributed by atoms with Gasteiger partial charge in [-0.1, -0.05) is 17.7 Å². The smallest absolute Gasteiger partial charge is 0.416 e. The highest BCUT2D eigenvalue weighted by molar-refractivity contribution is 6.36. The van der Waals surface area contributed by atoms with Crippen molar-refractivity contribution in [2.45, 2.75) is 18.9 Å². The molecule has 1 saturated heterocycles. The Hall–Kier alpha value is -4.17. The molecule has 10 nitrogen and oxygen atoms in total. The first-order valence-corrected chi connectivity index (χ1v) is 12.4. The van der Waals surface area contributed by atoms with Crippen molar-refractivity contribution in [1.82, 2.24) is 30.1 Å². The molecule has 4 N–H and O–H groups in total. The van der Waals surface area contributed by atoms with Crippen LogP contribution in [0.5, 0.6) is 5.75 Å². The summed E-state index contributed by atoms with van der Waals surface area (Å²) in [7, 11) is 3.30. The summed E-state index contributed by atoms with van der Waals surface area (Å²) in [6.45, 7) is 0.241. The normalized spacial score (nSPS) is 17.2. The van der Waals surface area contributed by atoms with Gasteiger partial charge in [0.1, 0.15) is 22.4 Å². The van der Waals surface area contributed by atoms with Gasteiger partial charge in [0, 0.05) is 51.8 Å². The Labute approximate surface area is 230 Å². The predicted octanol–water partition coefficient (Wildman–Crippen LogP) is 4.47. The molecule has 40 heavy (non-hydrogen) atoms. The number of likely N-dealkylation sites (N-methyl/N-ethyl adjacent to an activating group) is 1. The van der Waals surface area contributed by atoms with Crippen LogP contribution in [0.4, 0.5) is 29.2 Å². The van der Waals surface area contributed by atoms with Gasteiger partial charge in [0.2, 0.25) is 5.95 Å². The minimum absolute atomic E-state index is 0.00547. The highest BCUT2D eigenvalue weighted by Gasteiger charge is 2.35. The molecule has 15 heteroatoms. The summed E-state index contributed by atoms with van der Waals surface area (Å²) in [6, 6.07) is 3.88. The molecule has 0 unspecified atom stereocenters. The van der Waals surface area contributed by atoms with E-state index < -0.39 is 17.9 Å². The third-order valence-corrected chi connectivity index (χ3v) is 6.73. The van der Waals surface area contributed by atoms with Crippen molar-refractivity contribution in [3.05, 3.63) is 64.4 Å². The second kappa shape index (κ2) is 10.8. The highest BCUT2D eigenvalue weighted by atomic mass is 35.5. The standard InChI is InChI=1S/C25H24ClF4N9O/c1-32-22-20(33-5-6-34-22)17(8-31)40-18-9-35-23-21(19(18)26)38(2)24(37-23)36-15-4-3-13(10-39-11-14(27)12-39)16(7-15)25(28,29)30/h3-9,14,31,33H,10-12H2,1-2H3,(H,32,34)(H,35,36,37)/b20-17+,31-8?. The van der Waals surface area contributed by atoms with Crippen LogP contribution < -0.4 is 20.7 Å². The molecule has 0 spiro atoms. The first-order valence-electron chi connectivity index (χ1n) is 12.0. The van der Waals surface area contributed by atoms with Crippen molar-refractivity contribution in [3.8, 4) is 5.75 Å². The van der Waals surface area contributed by atoms with Crippen molar-refractivity contribution in [2.75, 3.05) is 25.5 Å². The molecular weight excluding hydrogens is 554 g/mol. The molecule has 0 aliphatic carbocycles. The fourth-order valence-electron chi connectivity index (χ4n) is 4.37. The van der Waals surface area contributed by atoms with E-state index in [0.29, 0.717) is 17.0 Å². The van der Waals surface area contributed by atoms with Crippen LogP contribution in [-0.4, -0.2) is 57.8 Å². The largest absolute Gasteiger partial charge is 0.450 e. The zero-order chi connectivity index (χ0) is 28.6. The fourth-order valence-corrected chi connectivity index (χ4v) is 4.67. The maximum atomic E-state index is 13.9. The lowest BCUT2D eigenvalue weighted by Gasteiger charge is -2.34. The number of allylic oxidation sites excluding steroid dienone is 1. The van der Waals surface area contributed by atoms with Gasteiger partial charge in [-0.05, 0) is 17.7 Å². The number of benzene rings is 1. The number of alkyl halides is 4. The lowest BCUT2D eigenvalue weighted by atomic mass is 10.0. The number of hydrogen-bond donors (Lipinski definition) is 4. The summed E-state index contributed by atoms with van der Waals surface area (Å²) in [5, 5.41) is 16.7. The Kier molecular flexibility index (Phi) is 7.38. The number of hydrogen-bond acceptors (Lipinski definition) is 9. The minimum Gasteiger partial charge on any atom is -0.450 e. The van der Waals surface area contributed by atoms with Gasteiger partial charge in [-0.3, -0.25) is 4.90 Å². The number of aromatic nitrogens is 3. The zero-order valence-corrected chi connectivity index (χ0v) is 22.0. The molecule has 1 aromatic carbocycles. The van der Waals surface area contributed by atoms with E-state index in [0.717, 1.165) is 12.3 Å². The first kappa shape index (κ1) is 27.4. The maximum Gasteiger partial charge on any atom is 0.416 e. The zero-order valence-electron chi connectivity index (χ0n) is 21.3. The molecule has 0 amide bonds. The number of ether oxygens (including phenoxy) is 1. The second-order valence-electron chi connectivity index (χ2n) is 9.06. The molecule has 210 valence electrons. The van der Waals surface area contributed by atoms with Crippen LogP contribution in [0.3, 0.4) is 0 Å². The van der Waals surface area contributed by atoms with E-state index in [2.05, 4.69) is 30.9 Å². The lowest BCUT2D eigenvalue weighted by Crippen LogP contribution is -2.47. The average molecular weight is 578 g/mol. The molecule has 0 radical (unpaired) electrons. The molecule has 1 fully saturated rings. The summed E-state index contributed by atoms with van der Waals surface area (Å²) in [6.07, 6.45) is -0.155. The molecule has 2 aliphatic heterocycles. The van der Waals surface area contributed by atoms with Gasteiger partial charge < -0.3 is 30.7 Å². The van der Waals surface area contributed by atoms with Gasteiger partial charge in [-0.2, -0.15) is 18.2 Å². The Morgan fingerprint density at radius 3 is 2.77 bits per heavy atom. The molecule has 2 aliphatic rings. The molecular formula is C25H24ClF4N9O. The quantitative estimate of drug-likeness (QED) is 0.186. The third kappa shape index (κ3) is 5.31. The number of rotatable bonds is 7. The van der Waals surface area contributed by atoms with Crippen LogP contribution in [-0.2, 0) is 19.8 Å². The number of halogens is 5. The molecule has 4 heterocycles. The lowest BCUT2D eigenvalue weighted by molar-refractivity contribution is -0.138. The number of anilines is 2. The number of imidazole rings is 1. The molecule has 0 atom stereocenters. The van der Waals surface area contributed by atoms with E-state index in [1.165, 1.54) is 18.3 Å². The van der Waals surface area contributed by atoms with Crippen molar-refractivity contribution in [3.63, 3.8) is 0 Å². The van der Waals surface area contributed by atoms with Gasteiger partial charge in [-0.15, -0.1) is 0 Å². The predicted molar refractivity (Wildman–Crippen MR) is 144 cm³/mol. The molecule has 2 aromatic heterocycles. The van der Waals surface area contributed by atoms with Crippen molar-refractivity contribution < 1.29 is 22.3 Å². The monoisotopic (exact) mass is 577 g/mol. The van der Waals surface area contributed by atoms with Crippen LogP contribution in [0.2, 0.25) is 5.02 Å². The summed E-state index contributed by atoms with van der Waals surface area (Å²) in [5.74, 6) is 0.881. The Balaban J connectivity index is 1.44. The van der Waals surface area contributed by atoms with Gasteiger partial charge >= 0.3 is 6.18 Å². The minimum atomic E-state index is -4.60. The molecule has 0 bridgehead atoms. The number of aliphatic imine (C=N–C) groups is 1. The van der Waals surface area contributed by atoms with Crippen LogP contribution in [0.25, 0.3) is 11.2 Å². The van der Waals surface area contributed by atoms with E-state index in [-0.39, 0.29) is 59.0 Å². The Bertz CT molecular complexity index is 1560. The summed E-state index contributed by atoms with van der Waals surface area (Å²) in [4.78, 5) is 14.5. The van der Waals surface area contributed by atoms with E-state index in [9.17, 15) is 17.6 Å². The van der Waals surface area contributed by atoms with Crippen molar-refractivity contribution >= 4 is 46.5 Å². The van der Waals surface area contributed by atoms with E-state index in [1.807, 2.05) is 0 Å². The second-order valence-corrected chi connectivity index (χ2v) is 9.44. The van der Waals surface area contributed by atoms with Gasteiger partial charge in [0.15, 0.2) is 23.0 Å². The maximum absolute atomic E-state index is 13.9. The number of likely N-dealkylation sites (tertiary alicyclic amines) is 1. The molecule has 3 aromatic rings. The van der Waals surface area contributed by atoms with Crippen LogP contribution in [0.15, 0.2) is 53.2 Å². The van der Waals surface area contributed by atoms with E-state index in [4.69, 9.17) is 21.7 Å². The summed E-state index contributed by atoms with van der Waals surface area (Å²) < 4.78 is 62.1. The number of aryl methyl sites for hydroxylation is 1. The van der Waals surface area contributed by atoms with E-state index >= 15 is 0 Å². The fraction of sp³-hybridized carbons (Fsp3) is 0.280.